The smallest absolute Gasteiger partial charge is 0.385 e. The molecule has 0 radical (unpaired) electrons. The zero-order chi connectivity index (χ0) is 13.0. The molecule has 1 unspecified atom stereocenters. The molecule has 96 valence electrons. The van der Waals surface area contributed by atoms with Crippen LogP contribution in [0.25, 0.3) is 0 Å². The van der Waals surface area contributed by atoms with E-state index in [9.17, 15) is 26.7 Å². The van der Waals surface area contributed by atoms with Crippen LogP contribution >= 0.6 is 0 Å². The third-order valence-corrected chi connectivity index (χ3v) is 1.57. The van der Waals surface area contributed by atoms with Gasteiger partial charge in [-0.25, -0.2) is 0 Å². The second kappa shape index (κ2) is 5.39. The van der Waals surface area contributed by atoms with Crippen LogP contribution in [-0.4, -0.2) is 49.4 Å². The Labute approximate surface area is 87.8 Å². The molecule has 1 atom stereocenters. The van der Waals surface area contributed by atoms with Gasteiger partial charge in [-0.3, -0.25) is 4.79 Å². The van der Waals surface area contributed by atoms with Crippen molar-refractivity contribution >= 4 is 5.91 Å². The Morgan fingerprint density at radius 2 is 1.81 bits per heavy atom. The highest BCUT2D eigenvalue weighted by Crippen LogP contribution is 2.20. The van der Waals surface area contributed by atoms with Crippen molar-refractivity contribution in [2.45, 2.75) is 18.2 Å². The number of aliphatic hydroxyl groups excluding tert-OH is 1. The Morgan fingerprint density at radius 3 is 2.19 bits per heavy atom. The number of aliphatic hydroxyl groups is 1. The number of rotatable bonds is 5. The summed E-state index contributed by atoms with van der Waals surface area (Å²) in [6.45, 7) is -2.49. The number of amides is 1. The van der Waals surface area contributed by atoms with Crippen molar-refractivity contribution in [2.75, 3.05) is 20.1 Å². The molecule has 0 aromatic rings. The van der Waals surface area contributed by atoms with Crippen LogP contribution in [0.1, 0.15) is 0 Å². The van der Waals surface area contributed by atoms with Crippen molar-refractivity contribution < 1.29 is 31.9 Å². The number of carbonyl (C=O) groups is 1. The molecule has 0 aliphatic rings. The quantitative estimate of drug-likeness (QED) is 0.596. The number of carbonyl (C=O) groups excluding carboxylic acids is 1. The highest BCUT2D eigenvalue weighted by Gasteiger charge is 2.47. The highest BCUT2D eigenvalue weighted by molar-refractivity contribution is 5.84. The van der Waals surface area contributed by atoms with Gasteiger partial charge in [0.2, 0.25) is 0 Å². The van der Waals surface area contributed by atoms with E-state index in [1.54, 1.807) is 0 Å². The van der Waals surface area contributed by atoms with E-state index < -0.39 is 37.2 Å². The molecule has 1 amide bonds. The average Bonchev–Trinajstić information content (AvgIpc) is 2.13. The number of halogens is 5. The monoisotopic (exact) mass is 250 g/mol. The molecular formula is C7H11F5N2O2. The first kappa shape index (κ1) is 15.0. The Kier molecular flexibility index (Phi) is 5.07. The maximum absolute atomic E-state index is 12.9. The fourth-order valence-corrected chi connectivity index (χ4v) is 0.771. The number of likely N-dealkylation sites (N-methyl/N-ethyl adjacent to an activating group) is 1. The zero-order valence-electron chi connectivity index (χ0n) is 8.24. The summed E-state index contributed by atoms with van der Waals surface area (Å²) in [6.07, 6.45) is -7.16. The zero-order valence-corrected chi connectivity index (χ0v) is 8.24. The lowest BCUT2D eigenvalue weighted by Crippen LogP contribution is -2.53. The lowest BCUT2D eigenvalue weighted by molar-refractivity contribution is -0.169. The normalized spacial score (nSPS) is 14.7. The van der Waals surface area contributed by atoms with Gasteiger partial charge in [0.25, 0.3) is 5.91 Å². The molecule has 0 aromatic carbocycles. The van der Waals surface area contributed by atoms with E-state index in [2.05, 4.69) is 5.32 Å². The molecule has 0 aromatic heterocycles. The maximum atomic E-state index is 12.9. The van der Waals surface area contributed by atoms with Crippen LogP contribution in [0.4, 0.5) is 22.0 Å². The average molecular weight is 250 g/mol. The molecule has 0 fully saturated rings. The maximum Gasteiger partial charge on any atom is 0.405 e. The largest absolute Gasteiger partial charge is 0.405 e. The summed E-state index contributed by atoms with van der Waals surface area (Å²) in [5.74, 6) is -6.43. The van der Waals surface area contributed by atoms with Gasteiger partial charge in [-0.15, -0.1) is 0 Å². The van der Waals surface area contributed by atoms with Crippen LogP contribution < -0.4 is 10.6 Å². The molecule has 0 rings (SSSR count). The van der Waals surface area contributed by atoms with Crippen LogP contribution in [0.15, 0.2) is 0 Å². The molecule has 4 nitrogen and oxygen atoms in total. The summed E-state index contributed by atoms with van der Waals surface area (Å²) in [5, 5.41) is 12.0. The molecule has 16 heavy (non-hydrogen) atoms. The van der Waals surface area contributed by atoms with E-state index in [1.165, 1.54) is 7.05 Å². The number of alkyl halides is 5. The summed E-state index contributed by atoms with van der Waals surface area (Å²) in [6, 6.07) is 0. The van der Waals surface area contributed by atoms with Crippen LogP contribution in [0.5, 0.6) is 0 Å². The molecule has 0 saturated carbocycles. The van der Waals surface area contributed by atoms with Crippen molar-refractivity contribution in [1.82, 2.24) is 10.6 Å². The van der Waals surface area contributed by atoms with E-state index in [1.807, 2.05) is 0 Å². The van der Waals surface area contributed by atoms with E-state index in [0.29, 0.717) is 0 Å². The van der Waals surface area contributed by atoms with E-state index in [-0.39, 0.29) is 0 Å². The fourth-order valence-electron chi connectivity index (χ4n) is 0.771. The molecular weight excluding hydrogens is 239 g/mol. The molecule has 3 N–H and O–H groups in total. The molecule has 9 heteroatoms. The minimum Gasteiger partial charge on any atom is -0.385 e. The molecule has 0 heterocycles. The molecule has 0 bridgehead atoms. The molecule has 0 saturated heterocycles. The van der Waals surface area contributed by atoms with Gasteiger partial charge in [0.1, 0.15) is 12.6 Å². The van der Waals surface area contributed by atoms with Crippen molar-refractivity contribution in [1.29, 1.82) is 0 Å². The number of hydrogen-bond donors (Lipinski definition) is 3. The van der Waals surface area contributed by atoms with E-state index in [4.69, 9.17) is 5.11 Å². The SMILES string of the molecule is CNCC(O)C(F)(F)C(=O)NCC(F)(F)F. The Hall–Kier alpha value is -0.960. The molecule has 0 spiro atoms. The van der Waals surface area contributed by atoms with Gasteiger partial charge < -0.3 is 15.7 Å². The van der Waals surface area contributed by atoms with Crippen LogP contribution in [0, 0.1) is 0 Å². The Bertz CT molecular complexity index is 243. The van der Waals surface area contributed by atoms with Gasteiger partial charge >= 0.3 is 12.1 Å². The number of nitrogens with one attached hydrogen (secondary N) is 2. The second-order valence-corrected chi connectivity index (χ2v) is 2.99. The van der Waals surface area contributed by atoms with Gasteiger partial charge in [0, 0.05) is 6.54 Å². The lowest BCUT2D eigenvalue weighted by atomic mass is 10.1. The minimum atomic E-state index is -4.78. The van der Waals surface area contributed by atoms with Crippen LogP contribution in [0.3, 0.4) is 0 Å². The lowest BCUT2D eigenvalue weighted by Gasteiger charge is -2.21. The predicted molar refractivity (Wildman–Crippen MR) is 43.9 cm³/mol. The summed E-state index contributed by atoms with van der Waals surface area (Å²) >= 11 is 0. The molecule has 0 aliphatic heterocycles. The van der Waals surface area contributed by atoms with Crippen molar-refractivity contribution in [3.8, 4) is 0 Å². The summed E-state index contributed by atoms with van der Waals surface area (Å²) in [7, 11) is 1.24. The van der Waals surface area contributed by atoms with Crippen LogP contribution in [-0.2, 0) is 4.79 Å². The van der Waals surface area contributed by atoms with Gasteiger partial charge in [-0.1, -0.05) is 0 Å². The second-order valence-electron chi connectivity index (χ2n) is 2.99. The van der Waals surface area contributed by atoms with Crippen molar-refractivity contribution in [3.05, 3.63) is 0 Å². The number of hydrogen-bond acceptors (Lipinski definition) is 3. The van der Waals surface area contributed by atoms with E-state index >= 15 is 0 Å². The molecule has 0 aliphatic carbocycles. The first-order valence-electron chi connectivity index (χ1n) is 4.16. The Morgan fingerprint density at radius 1 is 1.31 bits per heavy atom. The predicted octanol–water partition coefficient (Wildman–Crippen LogP) is -0.120. The van der Waals surface area contributed by atoms with E-state index in [0.717, 1.165) is 5.32 Å². The summed E-state index contributed by atoms with van der Waals surface area (Å²) < 4.78 is 60.7. The van der Waals surface area contributed by atoms with Gasteiger partial charge in [0.05, 0.1) is 0 Å². The highest BCUT2D eigenvalue weighted by atomic mass is 19.4. The Balaban J connectivity index is 4.35. The summed E-state index contributed by atoms with van der Waals surface area (Å²) in [5.41, 5.74) is 0. The van der Waals surface area contributed by atoms with Crippen molar-refractivity contribution in [3.63, 3.8) is 0 Å². The van der Waals surface area contributed by atoms with Crippen molar-refractivity contribution in [2.24, 2.45) is 0 Å². The van der Waals surface area contributed by atoms with Gasteiger partial charge in [-0.05, 0) is 7.05 Å². The minimum absolute atomic E-state index is 0.619. The van der Waals surface area contributed by atoms with Gasteiger partial charge in [0.15, 0.2) is 0 Å². The fraction of sp³-hybridized carbons (Fsp3) is 0.857. The topological polar surface area (TPSA) is 61.4 Å². The third kappa shape index (κ3) is 4.71. The first-order chi connectivity index (χ1) is 7.11. The standard InChI is InChI=1S/C7H11F5N2O2/c1-13-2-4(15)7(11,12)5(16)14-3-6(8,9)10/h4,13,15H,2-3H2,1H3,(H,14,16). The van der Waals surface area contributed by atoms with Crippen LogP contribution in [0.2, 0.25) is 0 Å². The first-order valence-corrected chi connectivity index (χ1v) is 4.16. The third-order valence-electron chi connectivity index (χ3n) is 1.57. The van der Waals surface area contributed by atoms with Gasteiger partial charge in [-0.2, -0.15) is 22.0 Å². The summed E-state index contributed by atoms with van der Waals surface area (Å²) in [4.78, 5) is 10.7.